The van der Waals surface area contributed by atoms with Crippen LogP contribution in [-0.2, 0) is 14.3 Å². The SMILES string of the molecule is CCCC(=O)OCCCN(C)C(C)=O. The standard InChI is InChI=1S/C10H19NO3/c1-4-6-10(13)14-8-5-7-11(3)9(2)12/h4-8H2,1-3H3. The average Bonchev–Trinajstić information content (AvgIpc) is 2.12. The topological polar surface area (TPSA) is 46.6 Å². The second-order valence-corrected chi connectivity index (χ2v) is 3.26. The molecule has 82 valence electrons. The van der Waals surface area contributed by atoms with Gasteiger partial charge in [-0.2, -0.15) is 0 Å². The van der Waals surface area contributed by atoms with E-state index in [-0.39, 0.29) is 11.9 Å². The van der Waals surface area contributed by atoms with Gasteiger partial charge in [-0.15, -0.1) is 0 Å². The molecular weight excluding hydrogens is 182 g/mol. The lowest BCUT2D eigenvalue weighted by Gasteiger charge is -2.14. The average molecular weight is 201 g/mol. The van der Waals surface area contributed by atoms with E-state index in [9.17, 15) is 9.59 Å². The summed E-state index contributed by atoms with van der Waals surface area (Å²) in [5.41, 5.74) is 0. The highest BCUT2D eigenvalue weighted by Crippen LogP contribution is 1.94. The summed E-state index contributed by atoms with van der Waals surface area (Å²) in [6.07, 6.45) is 1.99. The molecule has 0 spiro atoms. The van der Waals surface area contributed by atoms with Gasteiger partial charge in [-0.25, -0.2) is 0 Å². The Morgan fingerprint density at radius 3 is 2.50 bits per heavy atom. The third-order valence-electron chi connectivity index (χ3n) is 1.89. The fourth-order valence-electron chi connectivity index (χ4n) is 0.921. The molecule has 0 aliphatic carbocycles. The highest BCUT2D eigenvalue weighted by molar-refractivity contribution is 5.72. The van der Waals surface area contributed by atoms with Gasteiger partial charge in [0.05, 0.1) is 6.61 Å². The third-order valence-corrected chi connectivity index (χ3v) is 1.89. The molecular formula is C10H19NO3. The van der Waals surface area contributed by atoms with Crippen molar-refractivity contribution < 1.29 is 14.3 Å². The van der Waals surface area contributed by atoms with Crippen LogP contribution in [0.3, 0.4) is 0 Å². The quantitative estimate of drug-likeness (QED) is 0.479. The van der Waals surface area contributed by atoms with Gasteiger partial charge in [0, 0.05) is 26.9 Å². The molecule has 0 aromatic carbocycles. The number of amides is 1. The van der Waals surface area contributed by atoms with Gasteiger partial charge in [0.2, 0.25) is 5.91 Å². The van der Waals surface area contributed by atoms with E-state index < -0.39 is 0 Å². The third kappa shape index (κ3) is 6.46. The van der Waals surface area contributed by atoms with Crippen molar-refractivity contribution in [3.8, 4) is 0 Å². The minimum atomic E-state index is -0.155. The molecule has 0 saturated heterocycles. The first-order valence-electron chi connectivity index (χ1n) is 4.95. The van der Waals surface area contributed by atoms with Gasteiger partial charge in [0.1, 0.15) is 0 Å². The fourth-order valence-corrected chi connectivity index (χ4v) is 0.921. The number of hydrogen-bond acceptors (Lipinski definition) is 3. The lowest BCUT2D eigenvalue weighted by molar-refractivity contribution is -0.143. The molecule has 0 bridgehead atoms. The van der Waals surface area contributed by atoms with Crippen LogP contribution in [0.4, 0.5) is 0 Å². The van der Waals surface area contributed by atoms with Crippen LogP contribution in [0.2, 0.25) is 0 Å². The van der Waals surface area contributed by atoms with Crippen LogP contribution in [0, 0.1) is 0 Å². The Hall–Kier alpha value is -1.06. The zero-order valence-electron chi connectivity index (χ0n) is 9.21. The van der Waals surface area contributed by atoms with Crippen LogP contribution in [0.15, 0.2) is 0 Å². The van der Waals surface area contributed by atoms with Crippen molar-refractivity contribution in [2.75, 3.05) is 20.2 Å². The van der Waals surface area contributed by atoms with Crippen LogP contribution in [0.1, 0.15) is 33.1 Å². The number of carbonyl (C=O) groups excluding carboxylic acids is 2. The number of nitrogens with zero attached hydrogens (tertiary/aromatic N) is 1. The Balaban J connectivity index is 3.37. The van der Waals surface area contributed by atoms with Crippen LogP contribution in [-0.4, -0.2) is 37.0 Å². The van der Waals surface area contributed by atoms with Crippen LogP contribution in [0.5, 0.6) is 0 Å². The molecule has 0 N–H and O–H groups in total. The first-order valence-corrected chi connectivity index (χ1v) is 4.95. The van der Waals surface area contributed by atoms with E-state index in [4.69, 9.17) is 4.74 Å². The van der Waals surface area contributed by atoms with Gasteiger partial charge in [-0.1, -0.05) is 6.92 Å². The monoisotopic (exact) mass is 201 g/mol. The molecule has 0 radical (unpaired) electrons. The highest BCUT2D eigenvalue weighted by atomic mass is 16.5. The number of carbonyl (C=O) groups is 2. The van der Waals surface area contributed by atoms with Gasteiger partial charge in [-0.05, 0) is 12.8 Å². The van der Waals surface area contributed by atoms with Crippen molar-refractivity contribution in [1.82, 2.24) is 4.90 Å². The van der Waals surface area contributed by atoms with Crippen molar-refractivity contribution in [2.45, 2.75) is 33.1 Å². The van der Waals surface area contributed by atoms with E-state index in [0.717, 1.165) is 6.42 Å². The molecule has 0 unspecified atom stereocenters. The van der Waals surface area contributed by atoms with E-state index in [0.29, 0.717) is 26.0 Å². The normalized spacial score (nSPS) is 9.64. The van der Waals surface area contributed by atoms with Crippen LogP contribution in [0.25, 0.3) is 0 Å². The van der Waals surface area contributed by atoms with E-state index in [2.05, 4.69) is 0 Å². The van der Waals surface area contributed by atoms with Gasteiger partial charge >= 0.3 is 5.97 Å². The maximum absolute atomic E-state index is 10.9. The summed E-state index contributed by atoms with van der Waals surface area (Å²) < 4.78 is 4.94. The van der Waals surface area contributed by atoms with Crippen molar-refractivity contribution in [2.24, 2.45) is 0 Å². The Morgan fingerprint density at radius 2 is 2.00 bits per heavy atom. The molecule has 14 heavy (non-hydrogen) atoms. The predicted molar refractivity (Wildman–Crippen MR) is 53.8 cm³/mol. The summed E-state index contributed by atoms with van der Waals surface area (Å²) in [7, 11) is 1.73. The zero-order chi connectivity index (χ0) is 11.0. The van der Waals surface area contributed by atoms with Gasteiger partial charge in [0.15, 0.2) is 0 Å². The first-order chi connectivity index (χ1) is 6.57. The zero-order valence-corrected chi connectivity index (χ0v) is 9.21. The van der Waals surface area contributed by atoms with Crippen molar-refractivity contribution in [1.29, 1.82) is 0 Å². The minimum Gasteiger partial charge on any atom is -0.466 e. The summed E-state index contributed by atoms with van der Waals surface area (Å²) in [5, 5.41) is 0. The molecule has 0 saturated carbocycles. The molecule has 0 aliphatic rings. The van der Waals surface area contributed by atoms with Gasteiger partial charge in [0.25, 0.3) is 0 Å². The maximum Gasteiger partial charge on any atom is 0.305 e. The van der Waals surface area contributed by atoms with Gasteiger partial charge in [-0.3, -0.25) is 9.59 Å². The summed E-state index contributed by atoms with van der Waals surface area (Å²) in [6.45, 7) is 4.49. The van der Waals surface area contributed by atoms with Crippen molar-refractivity contribution in [3.05, 3.63) is 0 Å². The van der Waals surface area contributed by atoms with Crippen LogP contribution < -0.4 is 0 Å². The summed E-state index contributed by atoms with van der Waals surface area (Å²) in [4.78, 5) is 23.3. The van der Waals surface area contributed by atoms with E-state index in [1.807, 2.05) is 6.92 Å². The van der Waals surface area contributed by atoms with Crippen molar-refractivity contribution in [3.63, 3.8) is 0 Å². The van der Waals surface area contributed by atoms with E-state index in [1.165, 1.54) is 6.92 Å². The Morgan fingerprint density at radius 1 is 1.36 bits per heavy atom. The molecule has 0 heterocycles. The molecule has 0 fully saturated rings. The number of ether oxygens (including phenoxy) is 1. The van der Waals surface area contributed by atoms with Gasteiger partial charge < -0.3 is 9.64 Å². The minimum absolute atomic E-state index is 0.0323. The second kappa shape index (κ2) is 7.35. The fraction of sp³-hybridized carbons (Fsp3) is 0.800. The Bertz CT molecular complexity index is 192. The largest absolute Gasteiger partial charge is 0.466 e. The predicted octanol–water partition coefficient (Wildman–Crippen LogP) is 1.20. The van der Waals surface area contributed by atoms with E-state index in [1.54, 1.807) is 11.9 Å². The van der Waals surface area contributed by atoms with Crippen LogP contribution >= 0.6 is 0 Å². The molecule has 0 atom stereocenters. The maximum atomic E-state index is 10.9. The summed E-state index contributed by atoms with van der Waals surface area (Å²) >= 11 is 0. The smallest absolute Gasteiger partial charge is 0.305 e. The summed E-state index contributed by atoms with van der Waals surface area (Å²) in [6, 6.07) is 0. The number of esters is 1. The lowest BCUT2D eigenvalue weighted by Crippen LogP contribution is -2.25. The first kappa shape index (κ1) is 12.9. The number of hydrogen-bond donors (Lipinski definition) is 0. The Labute approximate surface area is 85.2 Å². The molecule has 0 aliphatic heterocycles. The molecule has 1 amide bonds. The molecule has 4 nitrogen and oxygen atoms in total. The summed E-state index contributed by atoms with van der Waals surface area (Å²) in [5.74, 6) is -0.122. The van der Waals surface area contributed by atoms with E-state index >= 15 is 0 Å². The lowest BCUT2D eigenvalue weighted by atomic mass is 10.3. The molecule has 0 aromatic rings. The second-order valence-electron chi connectivity index (χ2n) is 3.26. The number of rotatable bonds is 6. The Kier molecular flexibility index (Phi) is 6.80. The molecule has 0 aromatic heterocycles. The highest BCUT2D eigenvalue weighted by Gasteiger charge is 2.03. The molecule has 4 heteroatoms. The van der Waals surface area contributed by atoms with Crippen molar-refractivity contribution >= 4 is 11.9 Å². The molecule has 0 rings (SSSR count).